The summed E-state index contributed by atoms with van der Waals surface area (Å²) in [6.07, 6.45) is 1.09. The third-order valence-electron chi connectivity index (χ3n) is 5.22. The van der Waals surface area contributed by atoms with Crippen LogP contribution in [0.25, 0.3) is 0 Å². The van der Waals surface area contributed by atoms with Gasteiger partial charge in [-0.25, -0.2) is 4.39 Å². The zero-order valence-corrected chi connectivity index (χ0v) is 15.9. The molecule has 0 unspecified atom stereocenters. The molecule has 4 rings (SSSR count). The molecule has 0 bridgehead atoms. The molecular formula is C24H26FN3. The Morgan fingerprint density at radius 2 is 1.50 bits per heavy atom. The van der Waals surface area contributed by atoms with Crippen molar-refractivity contribution in [1.29, 1.82) is 0 Å². The molecule has 1 fully saturated rings. The van der Waals surface area contributed by atoms with Crippen molar-refractivity contribution in [3.05, 3.63) is 95.8 Å². The van der Waals surface area contributed by atoms with Crippen molar-refractivity contribution in [1.82, 2.24) is 5.32 Å². The number of hydrogen-bond acceptors (Lipinski definition) is 3. The van der Waals surface area contributed by atoms with E-state index in [1.165, 1.54) is 0 Å². The lowest BCUT2D eigenvalue weighted by Gasteiger charge is -2.25. The molecule has 4 heteroatoms. The number of nitrogens with zero attached hydrogens (tertiary/aromatic N) is 1. The number of benzene rings is 3. The zero-order chi connectivity index (χ0) is 19.2. The van der Waals surface area contributed by atoms with Crippen LogP contribution < -0.4 is 15.5 Å². The van der Waals surface area contributed by atoms with Gasteiger partial charge in [0.25, 0.3) is 0 Å². The average molecular weight is 375 g/mol. The summed E-state index contributed by atoms with van der Waals surface area (Å²) in [6.45, 7) is 3.91. The lowest BCUT2D eigenvalue weighted by Crippen LogP contribution is -2.28. The zero-order valence-electron chi connectivity index (χ0n) is 15.9. The van der Waals surface area contributed by atoms with Crippen LogP contribution >= 0.6 is 0 Å². The standard InChI is InChI=1S/C24H26FN3/c25-22-13-12-21(28-16-7-14-26-15-17-28)18-23(22)27-24(19-8-3-1-4-9-19)20-10-5-2-6-11-20/h1-6,8-13,18,24,26-27H,7,14-17H2. The maximum Gasteiger partial charge on any atom is 0.146 e. The molecule has 3 nitrogen and oxygen atoms in total. The smallest absolute Gasteiger partial charge is 0.146 e. The molecule has 3 aromatic rings. The minimum atomic E-state index is -0.228. The second-order valence-electron chi connectivity index (χ2n) is 7.15. The van der Waals surface area contributed by atoms with E-state index in [0.29, 0.717) is 5.69 Å². The summed E-state index contributed by atoms with van der Waals surface area (Å²) in [5, 5.41) is 6.87. The molecule has 28 heavy (non-hydrogen) atoms. The Kier molecular flexibility index (Phi) is 5.88. The van der Waals surface area contributed by atoms with Crippen LogP contribution in [0.1, 0.15) is 23.6 Å². The summed E-state index contributed by atoms with van der Waals surface area (Å²) in [4.78, 5) is 2.32. The summed E-state index contributed by atoms with van der Waals surface area (Å²) >= 11 is 0. The van der Waals surface area contributed by atoms with Gasteiger partial charge in [-0.1, -0.05) is 60.7 Å². The predicted molar refractivity (Wildman–Crippen MR) is 114 cm³/mol. The Bertz CT molecular complexity index is 835. The van der Waals surface area contributed by atoms with Gasteiger partial charge in [-0.15, -0.1) is 0 Å². The van der Waals surface area contributed by atoms with Gasteiger partial charge >= 0.3 is 0 Å². The molecule has 0 saturated carbocycles. The largest absolute Gasteiger partial charge is 0.372 e. The van der Waals surface area contributed by atoms with Gasteiger partial charge < -0.3 is 15.5 Å². The van der Waals surface area contributed by atoms with E-state index < -0.39 is 0 Å². The third-order valence-corrected chi connectivity index (χ3v) is 5.22. The van der Waals surface area contributed by atoms with E-state index in [1.54, 1.807) is 6.07 Å². The van der Waals surface area contributed by atoms with Crippen LogP contribution in [-0.2, 0) is 0 Å². The fourth-order valence-electron chi connectivity index (χ4n) is 3.73. The maximum absolute atomic E-state index is 14.7. The van der Waals surface area contributed by atoms with Crippen molar-refractivity contribution < 1.29 is 4.39 Å². The highest BCUT2D eigenvalue weighted by molar-refractivity contribution is 5.61. The lowest BCUT2D eigenvalue weighted by molar-refractivity contribution is 0.628. The molecule has 0 aliphatic carbocycles. The van der Waals surface area contributed by atoms with Crippen molar-refractivity contribution in [3.63, 3.8) is 0 Å². The Balaban J connectivity index is 1.65. The quantitative estimate of drug-likeness (QED) is 0.669. The van der Waals surface area contributed by atoms with Crippen LogP contribution in [0.5, 0.6) is 0 Å². The molecule has 2 N–H and O–H groups in total. The van der Waals surface area contributed by atoms with Gasteiger partial charge in [0.05, 0.1) is 11.7 Å². The van der Waals surface area contributed by atoms with Gasteiger partial charge in [0.2, 0.25) is 0 Å². The molecule has 1 saturated heterocycles. The molecule has 1 aliphatic heterocycles. The predicted octanol–water partition coefficient (Wildman–Crippen LogP) is 4.83. The second-order valence-corrected chi connectivity index (χ2v) is 7.15. The fraction of sp³-hybridized carbons (Fsp3) is 0.250. The van der Waals surface area contributed by atoms with Crippen LogP contribution in [0.2, 0.25) is 0 Å². The third kappa shape index (κ3) is 4.34. The first kappa shape index (κ1) is 18.5. The molecule has 1 heterocycles. The number of nitrogens with one attached hydrogen (secondary N) is 2. The number of rotatable bonds is 5. The van der Waals surface area contributed by atoms with Gasteiger partial charge in [0.15, 0.2) is 0 Å². The van der Waals surface area contributed by atoms with E-state index in [4.69, 9.17) is 0 Å². The Morgan fingerprint density at radius 3 is 2.18 bits per heavy atom. The van der Waals surface area contributed by atoms with E-state index in [1.807, 2.05) is 48.5 Å². The summed E-state index contributed by atoms with van der Waals surface area (Å²) in [5.74, 6) is -0.228. The molecule has 0 radical (unpaired) electrons. The van der Waals surface area contributed by atoms with Crippen LogP contribution in [0, 0.1) is 5.82 Å². The summed E-state index contributed by atoms with van der Waals surface area (Å²) in [5.41, 5.74) is 3.81. The summed E-state index contributed by atoms with van der Waals surface area (Å²) < 4.78 is 14.7. The first-order valence-corrected chi connectivity index (χ1v) is 9.93. The lowest BCUT2D eigenvalue weighted by atomic mass is 9.98. The average Bonchev–Trinajstić information content (AvgIpc) is 3.04. The Hall–Kier alpha value is -2.85. The van der Waals surface area contributed by atoms with Gasteiger partial charge in [-0.05, 0) is 42.3 Å². The molecular weight excluding hydrogens is 349 g/mol. The fourth-order valence-corrected chi connectivity index (χ4v) is 3.73. The highest BCUT2D eigenvalue weighted by Gasteiger charge is 2.17. The first-order chi connectivity index (χ1) is 13.8. The monoisotopic (exact) mass is 375 g/mol. The molecule has 0 amide bonds. The minimum Gasteiger partial charge on any atom is -0.372 e. The minimum absolute atomic E-state index is 0.113. The van der Waals surface area contributed by atoms with Gasteiger partial charge in [0, 0.05) is 25.3 Å². The summed E-state index contributed by atoms with van der Waals surface area (Å²) in [6, 6.07) is 25.7. The molecule has 3 aromatic carbocycles. The molecule has 1 aliphatic rings. The van der Waals surface area contributed by atoms with E-state index >= 15 is 0 Å². The van der Waals surface area contributed by atoms with Crippen molar-refractivity contribution >= 4 is 11.4 Å². The maximum atomic E-state index is 14.7. The number of anilines is 2. The van der Waals surface area contributed by atoms with Crippen LogP contribution in [0.4, 0.5) is 15.8 Å². The van der Waals surface area contributed by atoms with Crippen LogP contribution in [-0.4, -0.2) is 26.2 Å². The number of hydrogen-bond donors (Lipinski definition) is 2. The van der Waals surface area contributed by atoms with Crippen molar-refractivity contribution in [2.24, 2.45) is 0 Å². The normalized spacial score (nSPS) is 14.7. The van der Waals surface area contributed by atoms with Crippen molar-refractivity contribution in [2.45, 2.75) is 12.5 Å². The van der Waals surface area contributed by atoms with Gasteiger partial charge in [0.1, 0.15) is 5.82 Å². The molecule has 144 valence electrons. The van der Waals surface area contributed by atoms with Crippen LogP contribution in [0.3, 0.4) is 0 Å². The SMILES string of the molecule is Fc1ccc(N2CCCNCC2)cc1NC(c1ccccc1)c1ccccc1. The van der Waals surface area contributed by atoms with Gasteiger partial charge in [-0.3, -0.25) is 0 Å². The van der Waals surface area contributed by atoms with Crippen LogP contribution in [0.15, 0.2) is 78.9 Å². The van der Waals surface area contributed by atoms with E-state index in [2.05, 4.69) is 39.8 Å². The Labute approximate surface area is 166 Å². The topological polar surface area (TPSA) is 27.3 Å². The van der Waals surface area contributed by atoms with E-state index in [9.17, 15) is 4.39 Å². The highest BCUT2D eigenvalue weighted by Crippen LogP contribution is 2.30. The summed E-state index contributed by atoms with van der Waals surface area (Å²) in [7, 11) is 0. The second kappa shape index (κ2) is 8.89. The highest BCUT2D eigenvalue weighted by atomic mass is 19.1. The van der Waals surface area contributed by atoms with Gasteiger partial charge in [-0.2, -0.15) is 0 Å². The molecule has 0 atom stereocenters. The van der Waals surface area contributed by atoms with E-state index in [0.717, 1.165) is 49.4 Å². The Morgan fingerprint density at radius 1 is 0.821 bits per heavy atom. The number of halogens is 1. The van der Waals surface area contributed by atoms with Crippen molar-refractivity contribution in [2.75, 3.05) is 36.4 Å². The van der Waals surface area contributed by atoms with E-state index in [-0.39, 0.29) is 11.9 Å². The molecule has 0 aromatic heterocycles. The first-order valence-electron chi connectivity index (χ1n) is 9.93. The molecule has 0 spiro atoms. The van der Waals surface area contributed by atoms with Crippen molar-refractivity contribution in [3.8, 4) is 0 Å².